The van der Waals surface area contributed by atoms with Crippen LogP contribution in [0.4, 0.5) is 11.4 Å². The average Bonchev–Trinajstić information content (AvgIpc) is 2.87. The molecule has 0 unspecified atom stereocenters. The molecule has 0 saturated carbocycles. The highest BCUT2D eigenvalue weighted by Gasteiger charge is 2.33. The van der Waals surface area contributed by atoms with Gasteiger partial charge in [-0.1, -0.05) is 36.4 Å². The van der Waals surface area contributed by atoms with E-state index >= 15 is 0 Å². The number of methoxy groups -OCH3 is 1. The fourth-order valence-corrected chi connectivity index (χ4v) is 6.81. The Hall–Kier alpha value is -3.32. The molecule has 0 bridgehead atoms. The topological polar surface area (TPSA) is 66.9 Å². The molecule has 0 aliphatic carbocycles. The third-order valence-electron chi connectivity index (χ3n) is 6.71. The largest absolute Gasteiger partial charge is 0.495 e. The van der Waals surface area contributed by atoms with Gasteiger partial charge in [-0.25, -0.2) is 8.42 Å². The van der Waals surface area contributed by atoms with Gasteiger partial charge in [0.2, 0.25) is 0 Å². The standard InChI is InChI=1S/C27H28N2O4S/c1-19-8-5-10-21-12-6-16-28(26(19)21)27(30)22-14-15-24(33-2)25(18-22)34(31,32)29-17-7-11-20-9-3-4-13-23(20)29/h3-5,8-10,13-15,18H,6-7,11-12,16-17H2,1-2H3. The molecule has 0 atom stereocenters. The van der Waals surface area contributed by atoms with Crippen LogP contribution < -0.4 is 13.9 Å². The van der Waals surface area contributed by atoms with E-state index in [4.69, 9.17) is 4.74 Å². The van der Waals surface area contributed by atoms with Gasteiger partial charge in [0.05, 0.1) is 18.5 Å². The molecule has 0 radical (unpaired) electrons. The summed E-state index contributed by atoms with van der Waals surface area (Å²) in [6.45, 7) is 2.99. The molecule has 0 N–H and O–H groups in total. The minimum Gasteiger partial charge on any atom is -0.495 e. The summed E-state index contributed by atoms with van der Waals surface area (Å²) in [6.07, 6.45) is 3.37. The van der Waals surface area contributed by atoms with Crippen molar-refractivity contribution >= 4 is 27.3 Å². The van der Waals surface area contributed by atoms with Gasteiger partial charge in [-0.05, 0) is 73.6 Å². The number of amides is 1. The van der Waals surface area contributed by atoms with Crippen molar-refractivity contribution in [2.24, 2.45) is 0 Å². The molecular formula is C27H28N2O4S. The number of anilines is 2. The number of hydrogen-bond acceptors (Lipinski definition) is 4. The van der Waals surface area contributed by atoms with Crippen molar-refractivity contribution in [1.29, 1.82) is 0 Å². The molecule has 3 aromatic rings. The normalized spacial score (nSPS) is 15.5. The van der Waals surface area contributed by atoms with Crippen LogP contribution in [0.1, 0.15) is 39.9 Å². The Bertz CT molecular complexity index is 1370. The molecule has 0 fully saturated rings. The minimum absolute atomic E-state index is 0.0135. The SMILES string of the molecule is COc1ccc(C(=O)N2CCCc3cccc(C)c32)cc1S(=O)(=O)N1CCCc2ccccc21. The van der Waals surface area contributed by atoms with Crippen LogP contribution in [0.5, 0.6) is 5.75 Å². The van der Waals surface area contributed by atoms with Crippen LogP contribution in [0, 0.1) is 6.92 Å². The molecule has 5 rings (SSSR count). The maximum absolute atomic E-state index is 13.9. The number of fused-ring (bicyclic) bond motifs is 2. The monoisotopic (exact) mass is 476 g/mol. The van der Waals surface area contributed by atoms with E-state index in [-0.39, 0.29) is 16.6 Å². The van der Waals surface area contributed by atoms with Gasteiger partial charge in [-0.15, -0.1) is 0 Å². The zero-order chi connectivity index (χ0) is 23.9. The number of ether oxygens (including phenoxy) is 1. The third-order valence-corrected chi connectivity index (χ3v) is 8.54. The van der Waals surface area contributed by atoms with Gasteiger partial charge in [0, 0.05) is 18.7 Å². The second kappa shape index (κ2) is 8.80. The quantitative estimate of drug-likeness (QED) is 0.546. The number of aryl methyl sites for hydroxylation is 3. The molecule has 2 aliphatic rings. The highest BCUT2D eigenvalue weighted by Crippen LogP contribution is 2.36. The zero-order valence-electron chi connectivity index (χ0n) is 19.5. The van der Waals surface area contributed by atoms with Crippen molar-refractivity contribution in [3.05, 3.63) is 82.9 Å². The summed E-state index contributed by atoms with van der Waals surface area (Å²) in [5, 5.41) is 0. The Labute approximate surface area is 200 Å². The second-order valence-corrected chi connectivity index (χ2v) is 10.6. The lowest BCUT2D eigenvalue weighted by Gasteiger charge is -2.32. The lowest BCUT2D eigenvalue weighted by molar-refractivity contribution is 0.0984. The van der Waals surface area contributed by atoms with Gasteiger partial charge >= 0.3 is 0 Å². The molecule has 7 heteroatoms. The van der Waals surface area contributed by atoms with Crippen molar-refractivity contribution in [2.75, 3.05) is 29.4 Å². The van der Waals surface area contributed by atoms with Crippen LogP contribution in [0.25, 0.3) is 0 Å². The average molecular weight is 477 g/mol. The van der Waals surface area contributed by atoms with E-state index in [1.165, 1.54) is 17.5 Å². The van der Waals surface area contributed by atoms with Crippen LogP contribution in [0.3, 0.4) is 0 Å². The fourth-order valence-electron chi connectivity index (χ4n) is 5.08. The van der Waals surface area contributed by atoms with Gasteiger partial charge < -0.3 is 9.64 Å². The van der Waals surface area contributed by atoms with Crippen LogP contribution >= 0.6 is 0 Å². The van der Waals surface area contributed by atoms with E-state index in [9.17, 15) is 13.2 Å². The number of hydrogen-bond donors (Lipinski definition) is 0. The number of nitrogens with zero attached hydrogens (tertiary/aromatic N) is 2. The summed E-state index contributed by atoms with van der Waals surface area (Å²) >= 11 is 0. The molecule has 2 heterocycles. The van der Waals surface area contributed by atoms with E-state index in [2.05, 4.69) is 6.07 Å². The highest BCUT2D eigenvalue weighted by atomic mass is 32.2. The van der Waals surface area contributed by atoms with Crippen molar-refractivity contribution in [2.45, 2.75) is 37.5 Å². The Morgan fingerprint density at radius 1 is 0.912 bits per heavy atom. The molecule has 0 aromatic heterocycles. The summed E-state index contributed by atoms with van der Waals surface area (Å²) in [6, 6.07) is 18.3. The summed E-state index contributed by atoms with van der Waals surface area (Å²) in [5.74, 6) is 0.0308. The van der Waals surface area contributed by atoms with E-state index in [0.717, 1.165) is 48.1 Å². The third kappa shape index (κ3) is 3.74. The fraction of sp³-hybridized carbons (Fsp3) is 0.296. The Kier molecular flexibility index (Phi) is 5.81. The molecule has 1 amide bonds. The second-order valence-electron chi connectivity index (χ2n) is 8.82. The zero-order valence-corrected chi connectivity index (χ0v) is 20.3. The Morgan fingerprint density at radius 2 is 1.65 bits per heavy atom. The molecule has 2 aliphatic heterocycles. The van der Waals surface area contributed by atoms with Gasteiger partial charge in [0.25, 0.3) is 15.9 Å². The lowest BCUT2D eigenvalue weighted by atomic mass is 9.97. The van der Waals surface area contributed by atoms with Crippen molar-refractivity contribution in [3.63, 3.8) is 0 Å². The molecule has 6 nitrogen and oxygen atoms in total. The maximum atomic E-state index is 13.9. The summed E-state index contributed by atoms with van der Waals surface area (Å²) < 4.78 is 34.6. The molecule has 0 saturated heterocycles. The molecule has 0 spiro atoms. The van der Waals surface area contributed by atoms with Gasteiger partial charge in [-0.3, -0.25) is 9.10 Å². The molecule has 176 valence electrons. The highest BCUT2D eigenvalue weighted by molar-refractivity contribution is 7.93. The number of benzene rings is 3. The van der Waals surface area contributed by atoms with Crippen molar-refractivity contribution < 1.29 is 17.9 Å². The first-order chi connectivity index (χ1) is 16.4. The van der Waals surface area contributed by atoms with E-state index in [0.29, 0.717) is 24.3 Å². The number of sulfonamides is 1. The molecule has 34 heavy (non-hydrogen) atoms. The number of carbonyl (C=O) groups excluding carboxylic acids is 1. The minimum atomic E-state index is -3.94. The van der Waals surface area contributed by atoms with Crippen LogP contribution in [0.15, 0.2) is 65.6 Å². The van der Waals surface area contributed by atoms with Crippen LogP contribution in [0.2, 0.25) is 0 Å². The van der Waals surface area contributed by atoms with Gasteiger partial charge in [-0.2, -0.15) is 0 Å². The van der Waals surface area contributed by atoms with Gasteiger partial charge in [0.1, 0.15) is 10.6 Å². The van der Waals surface area contributed by atoms with Crippen molar-refractivity contribution in [1.82, 2.24) is 0 Å². The van der Waals surface area contributed by atoms with Crippen LogP contribution in [-0.2, 0) is 22.9 Å². The number of rotatable bonds is 4. The molecule has 3 aromatic carbocycles. The first kappa shape index (κ1) is 22.5. The summed E-state index contributed by atoms with van der Waals surface area (Å²) in [7, 11) is -2.49. The number of para-hydroxylation sites is 2. The smallest absolute Gasteiger partial charge is 0.268 e. The molecular weight excluding hydrogens is 448 g/mol. The predicted octanol–water partition coefficient (Wildman–Crippen LogP) is 4.74. The van der Waals surface area contributed by atoms with E-state index < -0.39 is 10.0 Å². The number of carbonyl (C=O) groups is 1. The Balaban J connectivity index is 1.57. The summed E-state index contributed by atoms with van der Waals surface area (Å²) in [5.41, 5.74) is 5.14. The first-order valence-corrected chi connectivity index (χ1v) is 13.0. The van der Waals surface area contributed by atoms with E-state index in [1.807, 2.05) is 43.3 Å². The van der Waals surface area contributed by atoms with Crippen molar-refractivity contribution in [3.8, 4) is 5.75 Å². The Morgan fingerprint density at radius 3 is 2.47 bits per heavy atom. The van der Waals surface area contributed by atoms with Crippen LogP contribution in [-0.4, -0.2) is 34.5 Å². The lowest BCUT2D eigenvalue weighted by Crippen LogP contribution is -2.37. The predicted molar refractivity (Wildman–Crippen MR) is 133 cm³/mol. The summed E-state index contributed by atoms with van der Waals surface area (Å²) in [4.78, 5) is 15.4. The van der Waals surface area contributed by atoms with Gasteiger partial charge in [0.15, 0.2) is 0 Å². The van der Waals surface area contributed by atoms with E-state index in [1.54, 1.807) is 17.0 Å². The first-order valence-electron chi connectivity index (χ1n) is 11.6. The maximum Gasteiger partial charge on any atom is 0.268 e.